The van der Waals surface area contributed by atoms with Crippen molar-refractivity contribution in [3.63, 3.8) is 0 Å². The summed E-state index contributed by atoms with van der Waals surface area (Å²) < 4.78 is 82.9. The van der Waals surface area contributed by atoms with E-state index in [1.807, 2.05) is 0 Å². The number of hydrogen-bond donors (Lipinski definition) is 4. The molecule has 2 aliphatic rings. The lowest BCUT2D eigenvalue weighted by atomic mass is 10.0. The van der Waals surface area contributed by atoms with Crippen LogP contribution in [0.2, 0.25) is 0 Å². The summed E-state index contributed by atoms with van der Waals surface area (Å²) in [6, 6.07) is 3.94. The first-order valence-electron chi connectivity index (χ1n) is 16.6. The number of nitrogens with one attached hydrogen (secondary N) is 3. The standard InChI is InChI=1S/C35H33F5N8O7/c1-4-12-54-19-8-9-20(22(13-19)35(38,39)40)24-14-27(55-47-24)30(33(51)41-11-10-28(49)43-17(2)32(50)44-18(3)34(52)53)48-16-26-25(15-42-48)45-31(46-26)21-6-5-7-23(36)29(21)37/h5-9,13-18,30H,4,10-12H2,1-3H3,(H,41,51)(H,43,49)(H,44,50)(H,52,53). The first-order chi connectivity index (χ1) is 26.1. The molecule has 3 unspecified atom stereocenters. The third kappa shape index (κ3) is 9.37. The van der Waals surface area contributed by atoms with Crippen LogP contribution in [0.1, 0.15) is 51.0 Å². The molecule has 0 saturated heterocycles. The van der Waals surface area contributed by atoms with Gasteiger partial charge in [-0.3, -0.25) is 23.9 Å². The van der Waals surface area contributed by atoms with E-state index >= 15 is 0 Å². The molecule has 55 heavy (non-hydrogen) atoms. The van der Waals surface area contributed by atoms with Gasteiger partial charge in [0.05, 0.1) is 30.1 Å². The minimum Gasteiger partial charge on any atom is -0.494 e. The van der Waals surface area contributed by atoms with Crippen LogP contribution >= 0.6 is 0 Å². The van der Waals surface area contributed by atoms with Crippen LogP contribution in [0.15, 0.2) is 59.4 Å². The maximum Gasteiger partial charge on any atom is 0.417 e. The van der Waals surface area contributed by atoms with Crippen LogP contribution in [-0.2, 0) is 25.4 Å². The summed E-state index contributed by atoms with van der Waals surface area (Å²) in [6.07, 6.45) is -2.24. The van der Waals surface area contributed by atoms with Gasteiger partial charge in [-0.15, -0.1) is 0 Å². The van der Waals surface area contributed by atoms with Crippen molar-refractivity contribution >= 4 is 23.7 Å². The number of amides is 3. The maximum absolute atomic E-state index is 14.5. The molecule has 290 valence electrons. The van der Waals surface area contributed by atoms with Gasteiger partial charge < -0.3 is 30.3 Å². The summed E-state index contributed by atoms with van der Waals surface area (Å²) in [4.78, 5) is 58.0. The molecule has 3 aromatic rings. The van der Waals surface area contributed by atoms with Gasteiger partial charge in [0.1, 0.15) is 34.9 Å². The van der Waals surface area contributed by atoms with Crippen molar-refractivity contribution in [2.45, 2.75) is 57.9 Å². The number of benzene rings is 2. The van der Waals surface area contributed by atoms with Crippen molar-refractivity contribution < 1.29 is 55.5 Å². The second-order valence-corrected chi connectivity index (χ2v) is 12.1. The molecule has 5 rings (SSSR count). The first-order valence-corrected chi connectivity index (χ1v) is 16.6. The lowest BCUT2D eigenvalue weighted by molar-refractivity contribution is -0.141. The smallest absolute Gasteiger partial charge is 0.417 e. The van der Waals surface area contributed by atoms with Gasteiger partial charge in [0.25, 0.3) is 5.91 Å². The van der Waals surface area contributed by atoms with Gasteiger partial charge in [-0.25, -0.2) is 18.7 Å². The van der Waals surface area contributed by atoms with E-state index in [0.717, 1.165) is 28.9 Å². The predicted molar refractivity (Wildman–Crippen MR) is 181 cm³/mol. The third-order valence-corrected chi connectivity index (χ3v) is 7.98. The minimum atomic E-state index is -4.83. The Morgan fingerprint density at radius 3 is 2.40 bits per heavy atom. The van der Waals surface area contributed by atoms with Crippen molar-refractivity contribution in [2.24, 2.45) is 0 Å². The summed E-state index contributed by atoms with van der Waals surface area (Å²) in [5, 5.41) is 24.1. The molecular formula is C35H33F5N8O7. The van der Waals surface area contributed by atoms with Crippen LogP contribution in [0.4, 0.5) is 22.0 Å². The van der Waals surface area contributed by atoms with Gasteiger partial charge in [-0.1, -0.05) is 18.1 Å². The number of hydrogen-bond acceptors (Lipinski definition) is 10. The highest BCUT2D eigenvalue weighted by Crippen LogP contribution is 2.40. The topological polar surface area (TPSA) is 203 Å². The Bertz CT molecular complexity index is 2170. The average Bonchev–Trinajstić information content (AvgIpc) is 3.79. The summed E-state index contributed by atoms with van der Waals surface area (Å²) in [7, 11) is 0. The van der Waals surface area contributed by atoms with Crippen LogP contribution in [0.3, 0.4) is 0 Å². The molecule has 3 heterocycles. The minimum absolute atomic E-state index is 0.0193. The van der Waals surface area contributed by atoms with Gasteiger partial charge in [0, 0.05) is 24.6 Å². The summed E-state index contributed by atoms with van der Waals surface area (Å²) in [6.45, 7) is 4.23. The van der Waals surface area contributed by atoms with Gasteiger partial charge in [0.2, 0.25) is 11.8 Å². The van der Waals surface area contributed by atoms with Crippen LogP contribution in [0, 0.1) is 11.6 Å². The summed E-state index contributed by atoms with van der Waals surface area (Å²) >= 11 is 0. The molecule has 2 aromatic carbocycles. The molecule has 3 amide bonds. The number of carbonyl (C=O) groups is 4. The first kappa shape index (κ1) is 39.7. The number of alkyl halides is 3. The fourth-order valence-electron chi connectivity index (χ4n) is 5.17. The summed E-state index contributed by atoms with van der Waals surface area (Å²) in [5.74, 6) is -6.42. The number of carboxylic acid groups (broad SMARTS) is 1. The van der Waals surface area contributed by atoms with Gasteiger partial charge in [-0.2, -0.15) is 18.3 Å². The molecule has 0 radical (unpaired) electrons. The molecule has 0 saturated carbocycles. The summed E-state index contributed by atoms with van der Waals surface area (Å²) in [5.41, 5.74) is -1.80. The molecule has 2 aliphatic heterocycles. The van der Waals surface area contributed by atoms with E-state index in [0.29, 0.717) is 6.42 Å². The van der Waals surface area contributed by atoms with Gasteiger partial charge in [0.15, 0.2) is 29.3 Å². The molecule has 0 aliphatic carbocycles. The normalized spacial score (nSPS) is 13.2. The van der Waals surface area contributed by atoms with E-state index < -0.39 is 65.2 Å². The van der Waals surface area contributed by atoms with Crippen molar-refractivity contribution in [2.75, 3.05) is 13.2 Å². The van der Waals surface area contributed by atoms with Crippen molar-refractivity contribution in [3.05, 3.63) is 77.8 Å². The van der Waals surface area contributed by atoms with Gasteiger partial charge >= 0.3 is 12.1 Å². The Kier molecular flexibility index (Phi) is 12.1. The Morgan fingerprint density at radius 2 is 1.69 bits per heavy atom. The number of aromatic nitrogens is 5. The fraction of sp³-hybridized carbons (Fsp3) is 0.314. The SMILES string of the molecule is CCCOc1ccc(-c2cc(C(C(=O)NCCC(=O)NC(C)C(=O)NC(C)C(=O)O)n3cc4nc(-c5cccc(F)c5F)nc-4cn3)on2)c(C(F)(F)F)c1. The highest BCUT2D eigenvalue weighted by atomic mass is 19.4. The number of imidazole rings is 1. The second kappa shape index (κ2) is 16.7. The maximum atomic E-state index is 14.5. The molecule has 15 nitrogen and oxygen atoms in total. The Hall–Kier alpha value is -6.47. The molecule has 0 fully saturated rings. The Balaban J connectivity index is 1.44. The second-order valence-electron chi connectivity index (χ2n) is 12.1. The van der Waals surface area contributed by atoms with E-state index in [1.165, 1.54) is 44.4 Å². The van der Waals surface area contributed by atoms with Crippen LogP contribution in [0.5, 0.6) is 5.75 Å². The molecule has 0 bridgehead atoms. The number of aliphatic carboxylic acids is 1. The largest absolute Gasteiger partial charge is 0.494 e. The van der Waals surface area contributed by atoms with E-state index in [2.05, 4.69) is 36.2 Å². The number of halogens is 5. The number of carbonyl (C=O) groups excluding carboxylic acids is 3. The van der Waals surface area contributed by atoms with E-state index in [4.69, 9.17) is 14.4 Å². The van der Waals surface area contributed by atoms with E-state index in [1.54, 1.807) is 6.92 Å². The molecular weight excluding hydrogens is 739 g/mol. The molecule has 3 atom stereocenters. The Labute approximate surface area is 308 Å². The zero-order chi connectivity index (χ0) is 40.0. The zero-order valence-electron chi connectivity index (χ0n) is 29.3. The molecule has 0 spiro atoms. The highest BCUT2D eigenvalue weighted by molar-refractivity contribution is 5.90. The fourth-order valence-corrected chi connectivity index (χ4v) is 5.17. The average molecular weight is 773 g/mol. The van der Waals surface area contributed by atoms with E-state index in [9.17, 15) is 41.1 Å². The number of fused-ring (bicyclic) bond motifs is 1. The molecule has 4 N–H and O–H groups in total. The molecule has 20 heteroatoms. The quantitative estimate of drug-likeness (QED) is 0.110. The van der Waals surface area contributed by atoms with Crippen LogP contribution in [0.25, 0.3) is 34.0 Å². The lowest BCUT2D eigenvalue weighted by Crippen LogP contribution is -2.49. The van der Waals surface area contributed by atoms with Crippen molar-refractivity contribution in [1.82, 2.24) is 40.9 Å². The predicted octanol–water partition coefficient (Wildman–Crippen LogP) is 4.38. The highest BCUT2D eigenvalue weighted by Gasteiger charge is 2.36. The number of ether oxygens (including phenoxy) is 1. The lowest BCUT2D eigenvalue weighted by Gasteiger charge is -2.18. The zero-order valence-corrected chi connectivity index (χ0v) is 29.3. The van der Waals surface area contributed by atoms with Crippen LogP contribution in [-0.4, -0.2) is 78.9 Å². The van der Waals surface area contributed by atoms with Crippen molar-refractivity contribution in [3.8, 4) is 39.8 Å². The number of nitrogens with zero attached hydrogens (tertiary/aromatic N) is 5. The monoisotopic (exact) mass is 772 g/mol. The number of carboxylic acids is 1. The number of rotatable bonds is 15. The Morgan fingerprint density at radius 1 is 0.945 bits per heavy atom. The third-order valence-electron chi connectivity index (χ3n) is 7.98. The van der Waals surface area contributed by atoms with Gasteiger partial charge in [-0.05, 0) is 50.6 Å². The van der Waals surface area contributed by atoms with Crippen LogP contribution < -0.4 is 20.7 Å². The molecule has 1 aromatic heterocycles. The van der Waals surface area contributed by atoms with E-state index in [-0.39, 0.29) is 65.1 Å². The van der Waals surface area contributed by atoms with Crippen molar-refractivity contribution in [1.29, 1.82) is 0 Å².